The van der Waals surface area contributed by atoms with Gasteiger partial charge in [0.1, 0.15) is 0 Å². The van der Waals surface area contributed by atoms with Gasteiger partial charge in [-0.3, -0.25) is 9.59 Å². The fourth-order valence-corrected chi connectivity index (χ4v) is 4.89. The molecule has 0 saturated heterocycles. The number of hydrogen-bond acceptors (Lipinski definition) is 3. The molecule has 5 nitrogen and oxygen atoms in total. The molecular formula is C29H40N2O3. The molecule has 2 atom stereocenters. The normalized spacial score (nSPS) is 19.9. The highest BCUT2D eigenvalue weighted by Gasteiger charge is 2.32. The average Bonchev–Trinajstić information content (AvgIpc) is 2.87. The van der Waals surface area contributed by atoms with Crippen molar-refractivity contribution in [2.75, 3.05) is 6.54 Å². The number of carbonyl (C=O) groups is 2. The van der Waals surface area contributed by atoms with E-state index >= 15 is 0 Å². The van der Waals surface area contributed by atoms with E-state index in [9.17, 15) is 14.7 Å². The molecule has 0 radical (unpaired) electrons. The van der Waals surface area contributed by atoms with Gasteiger partial charge in [-0.05, 0) is 67.9 Å². The maximum Gasteiger partial charge on any atom is 0.251 e. The second-order valence-electron chi connectivity index (χ2n) is 9.99. The van der Waals surface area contributed by atoms with E-state index < -0.39 is 18.1 Å². The molecule has 0 spiro atoms. The van der Waals surface area contributed by atoms with Crippen LogP contribution in [-0.4, -0.2) is 35.6 Å². The third-order valence-corrected chi connectivity index (χ3v) is 7.15. The predicted molar refractivity (Wildman–Crippen MR) is 136 cm³/mol. The van der Waals surface area contributed by atoms with Gasteiger partial charge >= 0.3 is 0 Å². The Balaban J connectivity index is 1.55. The minimum absolute atomic E-state index is 0.0425. The fraction of sp³-hybridized carbons (Fsp3) is 0.517. The summed E-state index contributed by atoms with van der Waals surface area (Å²) in [5.41, 5.74) is 2.20. The standard InChI is InChI=1S/C29H40N2O3/c1-21(2)24-15-17-25(18-16-24)28(33)31-26(20-23-12-7-4-8-13-23)27(32)29(34)30-19-9-14-22-10-5-3-6-11-22/h3-8,10-13,21,24-27,32H,9,14-20H2,1-2H3,(H,30,34)(H,31,33)/t24?,25?,26-,27-/m0/s1. The number of aliphatic hydroxyl groups is 1. The van der Waals surface area contributed by atoms with E-state index in [1.807, 2.05) is 48.5 Å². The summed E-state index contributed by atoms with van der Waals surface area (Å²) >= 11 is 0. The number of rotatable bonds is 11. The molecule has 5 heteroatoms. The fourth-order valence-electron chi connectivity index (χ4n) is 4.89. The van der Waals surface area contributed by atoms with E-state index in [2.05, 4.69) is 36.6 Å². The van der Waals surface area contributed by atoms with Gasteiger partial charge in [0, 0.05) is 12.5 Å². The van der Waals surface area contributed by atoms with E-state index in [4.69, 9.17) is 0 Å². The smallest absolute Gasteiger partial charge is 0.251 e. The Hall–Kier alpha value is -2.66. The second kappa shape index (κ2) is 13.3. The van der Waals surface area contributed by atoms with Crippen molar-refractivity contribution in [3.63, 3.8) is 0 Å². The monoisotopic (exact) mass is 464 g/mol. The lowest BCUT2D eigenvalue weighted by Crippen LogP contribution is -2.53. The number of hydrogen-bond donors (Lipinski definition) is 3. The number of nitrogens with one attached hydrogen (secondary N) is 2. The molecule has 0 unspecified atom stereocenters. The van der Waals surface area contributed by atoms with Crippen LogP contribution in [0.3, 0.4) is 0 Å². The van der Waals surface area contributed by atoms with Crippen molar-refractivity contribution in [3.8, 4) is 0 Å². The average molecular weight is 465 g/mol. The van der Waals surface area contributed by atoms with Crippen LogP contribution in [0, 0.1) is 17.8 Å². The lowest BCUT2D eigenvalue weighted by Gasteiger charge is -2.32. The zero-order valence-corrected chi connectivity index (χ0v) is 20.6. The number of amides is 2. The van der Waals surface area contributed by atoms with Gasteiger partial charge in [0.25, 0.3) is 5.91 Å². The highest BCUT2D eigenvalue weighted by Crippen LogP contribution is 2.33. The van der Waals surface area contributed by atoms with Crippen LogP contribution in [0.25, 0.3) is 0 Å². The van der Waals surface area contributed by atoms with E-state index in [0.29, 0.717) is 24.8 Å². The van der Waals surface area contributed by atoms with Gasteiger partial charge in [0.05, 0.1) is 6.04 Å². The maximum atomic E-state index is 13.1. The molecule has 184 valence electrons. The molecule has 0 bridgehead atoms. The van der Waals surface area contributed by atoms with Crippen LogP contribution in [0.15, 0.2) is 60.7 Å². The van der Waals surface area contributed by atoms with E-state index in [1.165, 1.54) is 5.56 Å². The first kappa shape index (κ1) is 26.0. The van der Waals surface area contributed by atoms with Crippen molar-refractivity contribution >= 4 is 11.8 Å². The molecule has 0 aliphatic heterocycles. The third kappa shape index (κ3) is 7.98. The molecular weight excluding hydrogens is 424 g/mol. The summed E-state index contributed by atoms with van der Waals surface area (Å²) in [4.78, 5) is 25.8. The molecule has 3 N–H and O–H groups in total. The molecule has 0 aromatic heterocycles. The Morgan fingerprint density at radius 3 is 2.09 bits per heavy atom. The van der Waals surface area contributed by atoms with Crippen molar-refractivity contribution < 1.29 is 14.7 Å². The first-order chi connectivity index (χ1) is 16.4. The first-order valence-electron chi connectivity index (χ1n) is 12.8. The SMILES string of the molecule is CC(C)C1CCC(C(=O)N[C@@H](Cc2ccccc2)[C@H](O)C(=O)NCCCc2ccccc2)CC1. The topological polar surface area (TPSA) is 78.4 Å². The Morgan fingerprint density at radius 2 is 1.50 bits per heavy atom. The Bertz CT molecular complexity index is 877. The highest BCUT2D eigenvalue weighted by atomic mass is 16.3. The van der Waals surface area contributed by atoms with E-state index in [0.717, 1.165) is 44.1 Å². The number of carbonyl (C=O) groups excluding carboxylic acids is 2. The minimum Gasteiger partial charge on any atom is -0.381 e. The first-order valence-corrected chi connectivity index (χ1v) is 12.8. The highest BCUT2D eigenvalue weighted by molar-refractivity contribution is 5.84. The molecule has 34 heavy (non-hydrogen) atoms. The van der Waals surface area contributed by atoms with Crippen LogP contribution in [-0.2, 0) is 22.4 Å². The zero-order valence-electron chi connectivity index (χ0n) is 20.6. The van der Waals surface area contributed by atoms with Crippen molar-refractivity contribution in [1.82, 2.24) is 10.6 Å². The predicted octanol–water partition coefficient (Wildman–Crippen LogP) is 4.29. The van der Waals surface area contributed by atoms with Crippen LogP contribution in [0.1, 0.15) is 57.1 Å². The summed E-state index contributed by atoms with van der Waals surface area (Å²) in [6.45, 7) is 4.97. The summed E-state index contributed by atoms with van der Waals surface area (Å²) in [5.74, 6) is 0.796. The van der Waals surface area contributed by atoms with Crippen molar-refractivity contribution in [3.05, 3.63) is 71.8 Å². The van der Waals surface area contributed by atoms with Gasteiger partial charge < -0.3 is 15.7 Å². The van der Waals surface area contributed by atoms with Crippen molar-refractivity contribution in [1.29, 1.82) is 0 Å². The summed E-state index contributed by atoms with van der Waals surface area (Å²) < 4.78 is 0. The van der Waals surface area contributed by atoms with Gasteiger partial charge in [-0.2, -0.15) is 0 Å². The van der Waals surface area contributed by atoms with Crippen LogP contribution in [0.2, 0.25) is 0 Å². The zero-order chi connectivity index (χ0) is 24.3. The molecule has 0 heterocycles. The summed E-state index contributed by atoms with van der Waals surface area (Å²) in [6, 6.07) is 19.2. The number of aryl methyl sites for hydroxylation is 1. The largest absolute Gasteiger partial charge is 0.381 e. The second-order valence-corrected chi connectivity index (χ2v) is 9.99. The number of aliphatic hydroxyl groups excluding tert-OH is 1. The van der Waals surface area contributed by atoms with Crippen molar-refractivity contribution in [2.24, 2.45) is 17.8 Å². The van der Waals surface area contributed by atoms with Crippen LogP contribution >= 0.6 is 0 Å². The van der Waals surface area contributed by atoms with Gasteiger partial charge in [-0.1, -0.05) is 74.5 Å². The van der Waals surface area contributed by atoms with Gasteiger partial charge in [0.15, 0.2) is 6.10 Å². The molecule has 1 fully saturated rings. The van der Waals surface area contributed by atoms with Crippen LogP contribution < -0.4 is 10.6 Å². The van der Waals surface area contributed by atoms with Crippen LogP contribution in [0.5, 0.6) is 0 Å². The van der Waals surface area contributed by atoms with Gasteiger partial charge in [0.2, 0.25) is 5.91 Å². The molecule has 2 aromatic carbocycles. The Kier molecular flexibility index (Phi) is 10.1. The van der Waals surface area contributed by atoms with Crippen molar-refractivity contribution in [2.45, 2.75) is 70.9 Å². The lowest BCUT2D eigenvalue weighted by molar-refractivity contribution is -0.133. The van der Waals surface area contributed by atoms with E-state index in [1.54, 1.807) is 0 Å². The van der Waals surface area contributed by atoms with Crippen LogP contribution in [0.4, 0.5) is 0 Å². The Morgan fingerprint density at radius 1 is 0.912 bits per heavy atom. The maximum absolute atomic E-state index is 13.1. The summed E-state index contributed by atoms with van der Waals surface area (Å²) in [6.07, 6.45) is 4.62. The summed E-state index contributed by atoms with van der Waals surface area (Å²) in [7, 11) is 0. The lowest BCUT2D eigenvalue weighted by atomic mass is 9.76. The molecule has 1 aliphatic carbocycles. The molecule has 2 aromatic rings. The quantitative estimate of drug-likeness (QED) is 0.434. The summed E-state index contributed by atoms with van der Waals surface area (Å²) in [5, 5.41) is 16.8. The minimum atomic E-state index is -1.30. The molecule has 1 aliphatic rings. The molecule has 3 rings (SSSR count). The van der Waals surface area contributed by atoms with Gasteiger partial charge in [-0.15, -0.1) is 0 Å². The molecule has 1 saturated carbocycles. The Labute approximate surface area is 204 Å². The van der Waals surface area contributed by atoms with E-state index in [-0.39, 0.29) is 11.8 Å². The third-order valence-electron chi connectivity index (χ3n) is 7.15. The molecule has 2 amide bonds. The number of benzene rings is 2. The van der Waals surface area contributed by atoms with Gasteiger partial charge in [-0.25, -0.2) is 0 Å².